The summed E-state index contributed by atoms with van der Waals surface area (Å²) in [6, 6.07) is 18.7. The van der Waals surface area contributed by atoms with Crippen LogP contribution < -0.4 is 15.0 Å². The van der Waals surface area contributed by atoms with E-state index in [1.54, 1.807) is 0 Å². The summed E-state index contributed by atoms with van der Waals surface area (Å²) in [5, 5.41) is 3.02. The van der Waals surface area contributed by atoms with Crippen LogP contribution in [-0.2, 0) is 4.79 Å². The Balaban J connectivity index is 1.45. The number of rotatable bonds is 7. The molecule has 1 aliphatic heterocycles. The van der Waals surface area contributed by atoms with Crippen molar-refractivity contribution in [3.8, 4) is 5.75 Å². The van der Waals surface area contributed by atoms with Gasteiger partial charge in [-0.3, -0.25) is 4.79 Å². The van der Waals surface area contributed by atoms with E-state index in [1.807, 2.05) is 30.3 Å². The molecule has 0 spiro atoms. The summed E-state index contributed by atoms with van der Waals surface area (Å²) in [7, 11) is 0. The van der Waals surface area contributed by atoms with Crippen molar-refractivity contribution in [1.82, 2.24) is 5.32 Å². The summed E-state index contributed by atoms with van der Waals surface area (Å²) < 4.78 is 5.60. The molecule has 1 saturated heterocycles. The van der Waals surface area contributed by atoms with Crippen molar-refractivity contribution in [2.75, 3.05) is 24.6 Å². The lowest BCUT2D eigenvalue weighted by Crippen LogP contribution is -2.41. The van der Waals surface area contributed by atoms with Gasteiger partial charge in [0.05, 0.1) is 0 Å². The molecule has 138 valence electrons. The van der Waals surface area contributed by atoms with Gasteiger partial charge < -0.3 is 15.0 Å². The molecule has 1 amide bonds. The van der Waals surface area contributed by atoms with E-state index in [0.717, 1.165) is 25.1 Å². The first-order valence-electron chi connectivity index (χ1n) is 9.44. The van der Waals surface area contributed by atoms with E-state index in [-0.39, 0.29) is 12.5 Å². The highest BCUT2D eigenvalue weighted by atomic mass is 16.5. The first-order valence-corrected chi connectivity index (χ1v) is 9.44. The minimum atomic E-state index is -0.0714. The fraction of sp³-hybridized carbons (Fsp3) is 0.409. The molecule has 0 bridgehead atoms. The lowest BCUT2D eigenvalue weighted by molar-refractivity contribution is -0.123. The number of ether oxygens (including phenoxy) is 1. The van der Waals surface area contributed by atoms with Crippen molar-refractivity contribution in [1.29, 1.82) is 0 Å². The predicted molar refractivity (Wildman–Crippen MR) is 106 cm³/mol. The Kier molecular flexibility index (Phi) is 6.16. The van der Waals surface area contributed by atoms with Crippen molar-refractivity contribution >= 4 is 11.6 Å². The van der Waals surface area contributed by atoms with E-state index in [2.05, 4.69) is 48.3 Å². The third-order valence-electron chi connectivity index (χ3n) is 4.92. The Morgan fingerprint density at radius 3 is 2.58 bits per heavy atom. The van der Waals surface area contributed by atoms with Crippen LogP contribution in [0, 0.1) is 0 Å². The number of hydrogen-bond donors (Lipinski definition) is 1. The van der Waals surface area contributed by atoms with Crippen LogP contribution in [0.3, 0.4) is 0 Å². The average Bonchev–Trinajstić information content (AvgIpc) is 3.14. The van der Waals surface area contributed by atoms with E-state index in [9.17, 15) is 4.79 Å². The zero-order chi connectivity index (χ0) is 18.4. The second-order valence-corrected chi connectivity index (χ2v) is 7.14. The zero-order valence-electron chi connectivity index (χ0n) is 15.7. The summed E-state index contributed by atoms with van der Waals surface area (Å²) >= 11 is 0. The van der Waals surface area contributed by atoms with Crippen molar-refractivity contribution < 1.29 is 9.53 Å². The number of hydrogen-bond acceptors (Lipinski definition) is 3. The summed E-state index contributed by atoms with van der Waals surface area (Å²) in [5.74, 6) is 1.15. The maximum Gasteiger partial charge on any atom is 0.258 e. The molecule has 0 radical (unpaired) electrons. The lowest BCUT2D eigenvalue weighted by atomic mass is 10.0. The van der Waals surface area contributed by atoms with Crippen LogP contribution in [0.15, 0.2) is 54.6 Å². The highest BCUT2D eigenvalue weighted by molar-refractivity contribution is 5.77. The van der Waals surface area contributed by atoms with Gasteiger partial charge in [0.15, 0.2) is 6.61 Å². The van der Waals surface area contributed by atoms with Crippen molar-refractivity contribution in [3.05, 3.63) is 60.2 Å². The second-order valence-electron chi connectivity index (χ2n) is 7.14. The zero-order valence-corrected chi connectivity index (χ0v) is 15.7. The highest BCUT2D eigenvalue weighted by Gasteiger charge is 2.24. The summed E-state index contributed by atoms with van der Waals surface area (Å²) in [4.78, 5) is 14.5. The van der Waals surface area contributed by atoms with Crippen LogP contribution >= 0.6 is 0 Å². The molecule has 2 aromatic rings. The van der Waals surface area contributed by atoms with Crippen LogP contribution in [-0.4, -0.2) is 31.6 Å². The fourth-order valence-electron chi connectivity index (χ4n) is 3.39. The number of nitrogens with zero attached hydrogens (tertiary/aromatic N) is 1. The number of para-hydroxylation sites is 1. The summed E-state index contributed by atoms with van der Waals surface area (Å²) in [6.07, 6.45) is 2.26. The minimum Gasteiger partial charge on any atom is -0.484 e. The van der Waals surface area contributed by atoms with Crippen molar-refractivity contribution in [3.63, 3.8) is 0 Å². The van der Waals surface area contributed by atoms with Gasteiger partial charge in [-0.15, -0.1) is 0 Å². The van der Waals surface area contributed by atoms with Crippen molar-refractivity contribution in [2.45, 2.75) is 38.6 Å². The summed E-state index contributed by atoms with van der Waals surface area (Å²) in [6.45, 7) is 6.07. The molecule has 0 saturated carbocycles. The first kappa shape index (κ1) is 18.3. The molecule has 2 aromatic carbocycles. The van der Waals surface area contributed by atoms with Gasteiger partial charge in [-0.1, -0.05) is 44.2 Å². The molecular formula is C22H28N2O2. The number of carbonyl (C=O) groups is 1. The number of carbonyl (C=O) groups excluding carboxylic acids is 1. The average molecular weight is 352 g/mol. The van der Waals surface area contributed by atoms with Crippen LogP contribution in [0.25, 0.3) is 0 Å². The Bertz CT molecular complexity index is 698. The van der Waals surface area contributed by atoms with Crippen molar-refractivity contribution in [2.24, 2.45) is 0 Å². The van der Waals surface area contributed by atoms with Crippen LogP contribution in [0.2, 0.25) is 0 Å². The maximum atomic E-state index is 12.1. The second kappa shape index (κ2) is 8.75. The van der Waals surface area contributed by atoms with E-state index >= 15 is 0 Å². The molecule has 3 rings (SSSR count). The molecule has 0 aromatic heterocycles. The van der Waals surface area contributed by atoms with Gasteiger partial charge in [0.25, 0.3) is 5.91 Å². The van der Waals surface area contributed by atoms with Gasteiger partial charge in [-0.05, 0) is 48.6 Å². The Morgan fingerprint density at radius 2 is 1.88 bits per heavy atom. The molecule has 0 aliphatic carbocycles. The molecule has 4 nitrogen and oxygen atoms in total. The summed E-state index contributed by atoms with van der Waals surface area (Å²) in [5.41, 5.74) is 2.50. The molecule has 1 N–H and O–H groups in total. The van der Waals surface area contributed by atoms with E-state index < -0.39 is 0 Å². The first-order chi connectivity index (χ1) is 12.6. The molecule has 1 heterocycles. The molecule has 0 unspecified atom stereocenters. The largest absolute Gasteiger partial charge is 0.484 e. The van der Waals surface area contributed by atoms with Gasteiger partial charge in [0.2, 0.25) is 0 Å². The van der Waals surface area contributed by atoms with Crippen LogP contribution in [0.5, 0.6) is 5.75 Å². The third-order valence-corrected chi connectivity index (χ3v) is 4.92. The molecular weight excluding hydrogens is 324 g/mol. The minimum absolute atomic E-state index is 0.0546. The third kappa shape index (κ3) is 4.78. The lowest BCUT2D eigenvalue weighted by Gasteiger charge is -2.27. The van der Waals surface area contributed by atoms with E-state index in [0.29, 0.717) is 18.5 Å². The number of anilines is 1. The quantitative estimate of drug-likeness (QED) is 0.820. The van der Waals surface area contributed by atoms with Crippen LogP contribution in [0.1, 0.15) is 38.2 Å². The predicted octanol–water partition coefficient (Wildman–Crippen LogP) is 3.97. The van der Waals surface area contributed by atoms with Gasteiger partial charge >= 0.3 is 0 Å². The molecule has 1 fully saturated rings. The number of amides is 1. The van der Waals surface area contributed by atoms with E-state index in [4.69, 9.17) is 4.74 Å². The molecule has 1 aliphatic rings. The molecule has 4 heteroatoms. The Hall–Kier alpha value is -2.49. The normalized spacial score (nSPS) is 16.7. The smallest absolute Gasteiger partial charge is 0.258 e. The SMILES string of the molecule is CC(C)c1ccc(OCC(=O)NC[C@H]2CCCN2c2ccccc2)cc1. The standard InChI is InChI=1S/C22H28N2O2/c1-17(2)18-10-12-21(13-11-18)26-16-22(25)23-15-20-9-6-14-24(20)19-7-4-3-5-8-19/h3-5,7-8,10-13,17,20H,6,9,14-16H2,1-2H3,(H,23,25)/t20-/m1/s1. The number of nitrogens with one attached hydrogen (secondary N) is 1. The Labute approximate surface area is 156 Å². The molecule has 26 heavy (non-hydrogen) atoms. The van der Waals surface area contributed by atoms with Gasteiger partial charge in [-0.2, -0.15) is 0 Å². The van der Waals surface area contributed by atoms with Gasteiger partial charge in [0.1, 0.15) is 5.75 Å². The number of benzene rings is 2. The topological polar surface area (TPSA) is 41.6 Å². The monoisotopic (exact) mass is 352 g/mol. The fourth-order valence-corrected chi connectivity index (χ4v) is 3.39. The van der Waals surface area contributed by atoms with Gasteiger partial charge in [-0.25, -0.2) is 0 Å². The molecule has 1 atom stereocenters. The van der Waals surface area contributed by atoms with Gasteiger partial charge in [0, 0.05) is 24.8 Å². The Morgan fingerprint density at radius 1 is 1.15 bits per heavy atom. The van der Waals surface area contributed by atoms with Crippen LogP contribution in [0.4, 0.5) is 5.69 Å². The highest BCUT2D eigenvalue weighted by Crippen LogP contribution is 2.24. The maximum absolute atomic E-state index is 12.1. The van der Waals surface area contributed by atoms with E-state index in [1.165, 1.54) is 11.3 Å².